The van der Waals surface area contributed by atoms with Crippen molar-refractivity contribution in [2.24, 2.45) is 0 Å². The lowest BCUT2D eigenvalue weighted by Crippen LogP contribution is -2.46. The summed E-state index contributed by atoms with van der Waals surface area (Å²) in [6, 6.07) is 7.14. The fourth-order valence-electron chi connectivity index (χ4n) is 0.983. The molecule has 0 saturated heterocycles. The van der Waals surface area contributed by atoms with Gasteiger partial charge in [0.15, 0.2) is 0 Å². The summed E-state index contributed by atoms with van der Waals surface area (Å²) in [5.74, 6) is -5.91. The van der Waals surface area contributed by atoms with Gasteiger partial charge in [0.2, 0.25) is 0 Å². The van der Waals surface area contributed by atoms with Crippen molar-refractivity contribution >= 4 is 5.91 Å². The number of hydrogen-bond acceptors (Lipinski definition) is 1. The van der Waals surface area contributed by atoms with Crippen molar-refractivity contribution in [2.45, 2.75) is 12.1 Å². The van der Waals surface area contributed by atoms with Crippen molar-refractivity contribution in [1.29, 1.82) is 0 Å². The molecule has 0 aliphatic carbocycles. The minimum absolute atomic E-state index is 0.0190. The van der Waals surface area contributed by atoms with Crippen LogP contribution in [0.25, 0.3) is 0 Å². The molecule has 1 aromatic carbocycles. The van der Waals surface area contributed by atoms with E-state index in [0.29, 0.717) is 0 Å². The van der Waals surface area contributed by atoms with Crippen molar-refractivity contribution in [3.63, 3.8) is 0 Å². The van der Waals surface area contributed by atoms with Crippen molar-refractivity contribution in [3.05, 3.63) is 35.9 Å². The van der Waals surface area contributed by atoms with E-state index in [1.165, 1.54) is 29.6 Å². The predicted molar refractivity (Wildman–Crippen MR) is 49.8 cm³/mol. The van der Waals surface area contributed by atoms with Crippen LogP contribution in [-0.2, 0) is 0 Å². The number of halogens is 5. The quantitative estimate of drug-likeness (QED) is 0.824. The molecule has 0 heterocycles. The molecule has 0 saturated carbocycles. The Morgan fingerprint density at radius 2 is 1.59 bits per heavy atom. The number of benzene rings is 1. The van der Waals surface area contributed by atoms with Crippen molar-refractivity contribution < 1.29 is 26.7 Å². The standard InChI is InChI=1S/C10H8F5NO/c11-9(12,10(13,14)15)6-16-8(17)7-4-2-1-3-5-7/h1-5H,6H2,(H,16,17). The van der Waals surface area contributed by atoms with E-state index in [-0.39, 0.29) is 5.56 Å². The van der Waals surface area contributed by atoms with E-state index in [2.05, 4.69) is 0 Å². The van der Waals surface area contributed by atoms with Crippen molar-refractivity contribution in [1.82, 2.24) is 5.32 Å². The first-order valence-electron chi connectivity index (χ1n) is 4.52. The topological polar surface area (TPSA) is 29.1 Å². The highest BCUT2D eigenvalue weighted by Crippen LogP contribution is 2.34. The third-order valence-corrected chi connectivity index (χ3v) is 1.92. The lowest BCUT2D eigenvalue weighted by Gasteiger charge is -2.19. The van der Waals surface area contributed by atoms with Gasteiger partial charge in [-0.3, -0.25) is 4.79 Å². The van der Waals surface area contributed by atoms with Crippen LogP contribution in [0, 0.1) is 0 Å². The largest absolute Gasteiger partial charge is 0.455 e. The molecular formula is C10H8F5NO. The van der Waals surface area contributed by atoms with Crippen LogP contribution in [0.3, 0.4) is 0 Å². The molecule has 1 amide bonds. The Bertz CT molecular complexity index is 387. The van der Waals surface area contributed by atoms with E-state index >= 15 is 0 Å². The lowest BCUT2D eigenvalue weighted by molar-refractivity contribution is -0.278. The number of carbonyl (C=O) groups is 1. The zero-order valence-corrected chi connectivity index (χ0v) is 8.39. The van der Waals surface area contributed by atoms with Crippen LogP contribution < -0.4 is 5.32 Å². The molecule has 0 radical (unpaired) electrons. The van der Waals surface area contributed by atoms with Crippen molar-refractivity contribution in [2.75, 3.05) is 6.54 Å². The first-order chi connectivity index (χ1) is 7.74. The molecule has 0 fully saturated rings. The van der Waals surface area contributed by atoms with E-state index < -0.39 is 24.6 Å². The number of nitrogens with one attached hydrogen (secondary N) is 1. The number of carbonyl (C=O) groups excluding carboxylic acids is 1. The predicted octanol–water partition coefficient (Wildman–Crippen LogP) is 2.61. The average Bonchev–Trinajstić information content (AvgIpc) is 2.25. The summed E-state index contributed by atoms with van der Waals surface area (Å²) < 4.78 is 60.3. The third kappa shape index (κ3) is 3.40. The van der Waals surface area contributed by atoms with Crippen LogP contribution in [0.1, 0.15) is 10.4 Å². The highest BCUT2D eigenvalue weighted by molar-refractivity contribution is 5.94. The molecular weight excluding hydrogens is 245 g/mol. The van der Waals surface area contributed by atoms with Gasteiger partial charge >= 0.3 is 12.1 Å². The summed E-state index contributed by atoms with van der Waals surface area (Å²) in [5.41, 5.74) is 0.0190. The second-order valence-electron chi connectivity index (χ2n) is 3.25. The van der Waals surface area contributed by atoms with Gasteiger partial charge in [0.05, 0.1) is 6.54 Å². The number of amides is 1. The van der Waals surface area contributed by atoms with Gasteiger partial charge in [0.1, 0.15) is 0 Å². The Hall–Kier alpha value is -1.66. The molecule has 0 spiro atoms. The van der Waals surface area contributed by atoms with Crippen LogP contribution >= 0.6 is 0 Å². The molecule has 7 heteroatoms. The van der Waals surface area contributed by atoms with E-state index in [4.69, 9.17) is 0 Å². The maximum atomic E-state index is 12.5. The molecule has 0 aliphatic rings. The third-order valence-electron chi connectivity index (χ3n) is 1.92. The highest BCUT2D eigenvalue weighted by atomic mass is 19.4. The van der Waals surface area contributed by atoms with E-state index in [9.17, 15) is 26.7 Å². The van der Waals surface area contributed by atoms with Gasteiger partial charge in [-0.25, -0.2) is 0 Å². The van der Waals surface area contributed by atoms with Gasteiger partial charge in [0.25, 0.3) is 5.91 Å². The van der Waals surface area contributed by atoms with Crippen LogP contribution in [0.5, 0.6) is 0 Å². The minimum Gasteiger partial charge on any atom is -0.346 e. The van der Waals surface area contributed by atoms with Crippen molar-refractivity contribution in [3.8, 4) is 0 Å². The zero-order valence-electron chi connectivity index (χ0n) is 8.39. The Balaban J connectivity index is 2.61. The summed E-state index contributed by atoms with van der Waals surface area (Å²) >= 11 is 0. The normalized spacial score (nSPS) is 12.3. The van der Waals surface area contributed by atoms with Crippen LogP contribution in [-0.4, -0.2) is 24.6 Å². The summed E-state index contributed by atoms with van der Waals surface area (Å²) in [6.07, 6.45) is -5.67. The first kappa shape index (κ1) is 13.4. The summed E-state index contributed by atoms with van der Waals surface area (Å²) in [6.45, 7) is -1.77. The Morgan fingerprint density at radius 1 is 1.06 bits per heavy atom. The fourth-order valence-corrected chi connectivity index (χ4v) is 0.983. The zero-order chi connectivity index (χ0) is 13.1. The molecule has 0 atom stereocenters. The van der Waals surface area contributed by atoms with Gasteiger partial charge in [-0.15, -0.1) is 0 Å². The molecule has 1 rings (SSSR count). The van der Waals surface area contributed by atoms with E-state index in [1.807, 2.05) is 0 Å². The van der Waals surface area contributed by atoms with Crippen LogP contribution in [0.4, 0.5) is 22.0 Å². The van der Waals surface area contributed by atoms with Gasteiger partial charge in [-0.1, -0.05) is 18.2 Å². The van der Waals surface area contributed by atoms with Gasteiger partial charge in [-0.05, 0) is 12.1 Å². The number of hydrogen-bond donors (Lipinski definition) is 1. The molecule has 2 nitrogen and oxygen atoms in total. The molecule has 0 aliphatic heterocycles. The monoisotopic (exact) mass is 253 g/mol. The second kappa shape index (κ2) is 4.68. The molecule has 1 aromatic rings. The summed E-state index contributed by atoms with van der Waals surface area (Å²) in [4.78, 5) is 11.2. The maximum Gasteiger partial charge on any atom is 0.455 e. The molecule has 0 aromatic heterocycles. The lowest BCUT2D eigenvalue weighted by atomic mass is 10.2. The van der Waals surface area contributed by atoms with Crippen LogP contribution in [0.2, 0.25) is 0 Å². The molecule has 0 unspecified atom stereocenters. The molecule has 94 valence electrons. The fraction of sp³-hybridized carbons (Fsp3) is 0.300. The van der Waals surface area contributed by atoms with Gasteiger partial charge in [0, 0.05) is 5.56 Å². The van der Waals surface area contributed by atoms with Gasteiger partial charge < -0.3 is 5.32 Å². The summed E-state index contributed by atoms with van der Waals surface area (Å²) in [7, 11) is 0. The Labute approximate surface area is 93.4 Å². The number of alkyl halides is 5. The van der Waals surface area contributed by atoms with Gasteiger partial charge in [-0.2, -0.15) is 22.0 Å². The Morgan fingerprint density at radius 3 is 2.06 bits per heavy atom. The minimum atomic E-state index is -5.67. The first-order valence-corrected chi connectivity index (χ1v) is 4.52. The second-order valence-corrected chi connectivity index (χ2v) is 3.25. The Kier molecular flexibility index (Phi) is 3.69. The number of rotatable bonds is 3. The van der Waals surface area contributed by atoms with E-state index in [1.54, 1.807) is 6.07 Å². The smallest absolute Gasteiger partial charge is 0.346 e. The SMILES string of the molecule is O=C(NCC(F)(F)C(F)(F)F)c1ccccc1. The maximum absolute atomic E-state index is 12.5. The molecule has 0 bridgehead atoms. The molecule has 17 heavy (non-hydrogen) atoms. The highest BCUT2D eigenvalue weighted by Gasteiger charge is 2.57. The van der Waals surface area contributed by atoms with E-state index in [0.717, 1.165) is 0 Å². The molecule has 1 N–H and O–H groups in total. The summed E-state index contributed by atoms with van der Waals surface area (Å²) in [5, 5.41) is 1.54. The average molecular weight is 253 g/mol. The van der Waals surface area contributed by atoms with Crippen LogP contribution in [0.15, 0.2) is 30.3 Å².